The van der Waals surface area contributed by atoms with Crippen molar-refractivity contribution in [2.45, 2.75) is 26.3 Å². The van der Waals surface area contributed by atoms with Gasteiger partial charge in [0, 0.05) is 12.6 Å². The van der Waals surface area contributed by atoms with E-state index in [9.17, 15) is 9.90 Å². The van der Waals surface area contributed by atoms with Crippen molar-refractivity contribution in [3.05, 3.63) is 29.3 Å². The van der Waals surface area contributed by atoms with Crippen LogP contribution >= 0.6 is 0 Å². The molecular weight excluding hydrogens is 228 g/mol. The number of benzene rings is 1. The van der Waals surface area contributed by atoms with E-state index in [-0.39, 0.29) is 17.7 Å². The summed E-state index contributed by atoms with van der Waals surface area (Å²) < 4.78 is 0. The molecule has 0 saturated carbocycles. The number of phenolic OH excluding ortho intramolecular Hbond substituents is 1. The van der Waals surface area contributed by atoms with Crippen molar-refractivity contribution < 1.29 is 9.90 Å². The Morgan fingerprint density at radius 2 is 2.28 bits per heavy atom. The van der Waals surface area contributed by atoms with Crippen LogP contribution in [0.4, 0.5) is 0 Å². The maximum Gasteiger partial charge on any atom is 0.255 e. The molecule has 1 saturated heterocycles. The van der Waals surface area contributed by atoms with Gasteiger partial charge in [0.15, 0.2) is 0 Å². The van der Waals surface area contributed by atoms with E-state index >= 15 is 0 Å². The zero-order valence-electron chi connectivity index (χ0n) is 10.9. The monoisotopic (exact) mass is 248 g/mol. The molecule has 1 heterocycles. The number of hydrogen-bond acceptors (Lipinski definition) is 3. The van der Waals surface area contributed by atoms with Crippen molar-refractivity contribution >= 4 is 5.91 Å². The molecule has 18 heavy (non-hydrogen) atoms. The van der Waals surface area contributed by atoms with Gasteiger partial charge in [-0.2, -0.15) is 0 Å². The molecule has 0 aromatic heterocycles. The maximum absolute atomic E-state index is 12.1. The lowest BCUT2D eigenvalue weighted by atomic mass is 9.94. The normalized spacial score (nSPS) is 23.7. The summed E-state index contributed by atoms with van der Waals surface area (Å²) in [5, 5.41) is 16.0. The third kappa shape index (κ3) is 2.82. The van der Waals surface area contributed by atoms with Crippen molar-refractivity contribution in [2.75, 3.05) is 13.1 Å². The number of amides is 1. The molecule has 0 spiro atoms. The Morgan fingerprint density at radius 1 is 1.50 bits per heavy atom. The Hall–Kier alpha value is -1.55. The minimum atomic E-state index is -0.201. The quantitative estimate of drug-likeness (QED) is 0.742. The van der Waals surface area contributed by atoms with Crippen LogP contribution in [-0.2, 0) is 0 Å². The maximum atomic E-state index is 12.1. The minimum absolute atomic E-state index is 0.0453. The van der Waals surface area contributed by atoms with Gasteiger partial charge in [-0.1, -0.05) is 13.0 Å². The molecule has 2 rings (SSSR count). The van der Waals surface area contributed by atoms with Crippen LogP contribution in [0.2, 0.25) is 0 Å². The van der Waals surface area contributed by atoms with Gasteiger partial charge >= 0.3 is 0 Å². The van der Waals surface area contributed by atoms with E-state index in [2.05, 4.69) is 17.6 Å². The van der Waals surface area contributed by atoms with E-state index in [0.29, 0.717) is 11.5 Å². The number of phenols is 1. The molecule has 4 heteroatoms. The van der Waals surface area contributed by atoms with Gasteiger partial charge in [0.2, 0.25) is 0 Å². The molecule has 1 fully saturated rings. The fraction of sp³-hybridized carbons (Fsp3) is 0.500. The van der Waals surface area contributed by atoms with Crippen molar-refractivity contribution in [1.29, 1.82) is 0 Å². The molecule has 4 nitrogen and oxygen atoms in total. The Kier molecular flexibility index (Phi) is 3.87. The highest BCUT2D eigenvalue weighted by Crippen LogP contribution is 2.19. The second kappa shape index (κ2) is 5.40. The third-order valence-corrected chi connectivity index (χ3v) is 3.54. The number of nitrogens with one attached hydrogen (secondary N) is 2. The highest BCUT2D eigenvalue weighted by Gasteiger charge is 2.23. The van der Waals surface area contributed by atoms with E-state index in [1.54, 1.807) is 12.1 Å². The molecule has 0 bridgehead atoms. The second-order valence-corrected chi connectivity index (χ2v) is 5.07. The highest BCUT2D eigenvalue weighted by atomic mass is 16.3. The smallest absolute Gasteiger partial charge is 0.255 e. The first-order chi connectivity index (χ1) is 8.58. The number of aryl methyl sites for hydroxylation is 1. The number of carbonyl (C=O) groups is 1. The Labute approximate surface area is 107 Å². The molecule has 2 atom stereocenters. The third-order valence-electron chi connectivity index (χ3n) is 3.54. The van der Waals surface area contributed by atoms with Crippen LogP contribution in [0.25, 0.3) is 0 Å². The molecule has 1 aliphatic rings. The van der Waals surface area contributed by atoms with Crippen LogP contribution in [-0.4, -0.2) is 30.1 Å². The van der Waals surface area contributed by atoms with E-state index in [1.165, 1.54) is 0 Å². The summed E-state index contributed by atoms with van der Waals surface area (Å²) in [6.07, 6.45) is 1.06. The standard InChI is InChI=1S/C14H20N2O2/c1-9-3-4-11(13(17)7-9)14(18)16-12-8-15-6-5-10(12)2/h3-4,7,10,12,15,17H,5-6,8H2,1-2H3,(H,16,18). The molecule has 3 N–H and O–H groups in total. The number of carbonyl (C=O) groups excluding carboxylic acids is 1. The summed E-state index contributed by atoms with van der Waals surface area (Å²) in [7, 11) is 0. The molecule has 1 amide bonds. The number of aromatic hydroxyl groups is 1. The average molecular weight is 248 g/mol. The molecule has 1 aromatic rings. The van der Waals surface area contributed by atoms with E-state index in [0.717, 1.165) is 25.1 Å². The van der Waals surface area contributed by atoms with Gasteiger partial charge in [0.1, 0.15) is 5.75 Å². The fourth-order valence-corrected chi connectivity index (χ4v) is 2.26. The fourth-order valence-electron chi connectivity index (χ4n) is 2.26. The van der Waals surface area contributed by atoms with Crippen molar-refractivity contribution in [3.63, 3.8) is 0 Å². The van der Waals surface area contributed by atoms with Gasteiger partial charge in [0.25, 0.3) is 5.91 Å². The number of piperidine rings is 1. The van der Waals surface area contributed by atoms with Gasteiger partial charge in [-0.25, -0.2) is 0 Å². The second-order valence-electron chi connectivity index (χ2n) is 5.07. The van der Waals surface area contributed by atoms with Gasteiger partial charge in [-0.3, -0.25) is 4.79 Å². The molecule has 0 radical (unpaired) electrons. The van der Waals surface area contributed by atoms with Crippen LogP contribution < -0.4 is 10.6 Å². The molecule has 1 aromatic carbocycles. The first-order valence-electron chi connectivity index (χ1n) is 6.39. The zero-order chi connectivity index (χ0) is 13.1. The van der Waals surface area contributed by atoms with Crippen molar-refractivity contribution in [2.24, 2.45) is 5.92 Å². The van der Waals surface area contributed by atoms with E-state index in [4.69, 9.17) is 0 Å². The van der Waals surface area contributed by atoms with Gasteiger partial charge < -0.3 is 15.7 Å². The molecule has 0 aliphatic carbocycles. The van der Waals surface area contributed by atoms with Gasteiger partial charge in [-0.15, -0.1) is 0 Å². The summed E-state index contributed by atoms with van der Waals surface area (Å²) in [5.41, 5.74) is 1.29. The summed E-state index contributed by atoms with van der Waals surface area (Å²) in [6.45, 7) is 5.82. The van der Waals surface area contributed by atoms with E-state index in [1.807, 2.05) is 13.0 Å². The lowest BCUT2D eigenvalue weighted by Crippen LogP contribution is -2.50. The summed E-state index contributed by atoms with van der Waals surface area (Å²) in [5.74, 6) is 0.305. The van der Waals surface area contributed by atoms with Crippen molar-refractivity contribution in [3.8, 4) is 5.75 Å². The summed E-state index contributed by atoms with van der Waals surface area (Å²) in [6, 6.07) is 5.24. The molecule has 98 valence electrons. The average Bonchev–Trinajstić information content (AvgIpc) is 2.32. The first-order valence-corrected chi connectivity index (χ1v) is 6.39. The summed E-state index contributed by atoms with van der Waals surface area (Å²) in [4.78, 5) is 12.1. The van der Waals surface area contributed by atoms with E-state index < -0.39 is 0 Å². The van der Waals surface area contributed by atoms with Crippen LogP contribution in [0.3, 0.4) is 0 Å². The zero-order valence-corrected chi connectivity index (χ0v) is 10.9. The lowest BCUT2D eigenvalue weighted by molar-refractivity contribution is 0.0912. The topological polar surface area (TPSA) is 61.4 Å². The van der Waals surface area contributed by atoms with Gasteiger partial charge in [0.05, 0.1) is 5.56 Å². The van der Waals surface area contributed by atoms with Crippen LogP contribution in [0.15, 0.2) is 18.2 Å². The SMILES string of the molecule is Cc1ccc(C(=O)NC2CNCCC2C)c(O)c1. The number of rotatable bonds is 2. The van der Waals surface area contributed by atoms with Crippen molar-refractivity contribution in [1.82, 2.24) is 10.6 Å². The predicted molar refractivity (Wildman–Crippen MR) is 70.7 cm³/mol. The summed E-state index contributed by atoms with van der Waals surface area (Å²) >= 11 is 0. The Balaban J connectivity index is 2.07. The van der Waals surface area contributed by atoms with Gasteiger partial charge in [-0.05, 0) is 43.5 Å². The largest absolute Gasteiger partial charge is 0.507 e. The van der Waals surface area contributed by atoms with Crippen LogP contribution in [0.5, 0.6) is 5.75 Å². The Morgan fingerprint density at radius 3 is 2.94 bits per heavy atom. The molecular formula is C14H20N2O2. The highest BCUT2D eigenvalue weighted by molar-refractivity contribution is 5.97. The molecule has 1 aliphatic heterocycles. The van der Waals surface area contributed by atoms with Crippen LogP contribution in [0.1, 0.15) is 29.3 Å². The minimum Gasteiger partial charge on any atom is -0.507 e. The Bertz CT molecular complexity index is 445. The first kappa shape index (κ1) is 12.9. The molecule has 2 unspecified atom stereocenters. The van der Waals surface area contributed by atoms with Crippen LogP contribution in [0, 0.1) is 12.8 Å². The lowest BCUT2D eigenvalue weighted by Gasteiger charge is -2.30. The number of hydrogen-bond donors (Lipinski definition) is 3. The predicted octanol–water partition coefficient (Wildman–Crippen LogP) is 1.43.